The summed E-state index contributed by atoms with van der Waals surface area (Å²) in [6, 6.07) is 12.2. The predicted molar refractivity (Wildman–Crippen MR) is 97.6 cm³/mol. The smallest absolute Gasteiger partial charge is 0.280 e. The lowest BCUT2D eigenvalue weighted by molar-refractivity contribution is -0.122. The van der Waals surface area contributed by atoms with Crippen LogP contribution >= 0.6 is 23.1 Å². The number of carbonyl (C=O) groups excluding carboxylic acids is 1. The number of hydrogen-bond donors (Lipinski definition) is 0. The number of thioether (sulfide) groups is 1. The number of nitrogens with zero attached hydrogens (tertiary/aromatic N) is 3. The maximum atomic E-state index is 12.6. The zero-order valence-corrected chi connectivity index (χ0v) is 14.2. The summed E-state index contributed by atoms with van der Waals surface area (Å²) < 4.78 is 0. The number of benzene rings is 1. The standard InChI is InChI=1S/C17H15N3OS2/c1-12-5-2-3-7-15(12)19-10-20-16(21)14(18-17(20)23-11-19)9-13-6-4-8-22-13/h2-9H,10-11H2,1H3. The Labute approximate surface area is 143 Å². The van der Waals surface area contributed by atoms with Gasteiger partial charge in [0.25, 0.3) is 5.91 Å². The van der Waals surface area contributed by atoms with E-state index in [0.29, 0.717) is 12.4 Å². The molecule has 1 amide bonds. The number of carbonyl (C=O) groups is 1. The summed E-state index contributed by atoms with van der Waals surface area (Å²) in [5, 5.41) is 2.81. The number of amides is 1. The van der Waals surface area contributed by atoms with E-state index < -0.39 is 0 Å². The first-order valence-corrected chi connectivity index (χ1v) is 9.18. The van der Waals surface area contributed by atoms with E-state index in [1.807, 2.05) is 35.7 Å². The van der Waals surface area contributed by atoms with Crippen molar-refractivity contribution in [3.63, 3.8) is 0 Å². The van der Waals surface area contributed by atoms with Gasteiger partial charge in [0.1, 0.15) is 12.4 Å². The van der Waals surface area contributed by atoms with Crippen LogP contribution in [0.1, 0.15) is 10.4 Å². The lowest BCUT2D eigenvalue weighted by Crippen LogP contribution is -2.46. The first-order valence-electron chi connectivity index (χ1n) is 7.31. The molecule has 0 bridgehead atoms. The highest BCUT2D eigenvalue weighted by atomic mass is 32.2. The summed E-state index contributed by atoms with van der Waals surface area (Å²) in [5.74, 6) is 0.791. The van der Waals surface area contributed by atoms with Gasteiger partial charge < -0.3 is 4.90 Å². The van der Waals surface area contributed by atoms with Crippen LogP contribution in [0, 0.1) is 6.92 Å². The highest BCUT2D eigenvalue weighted by Crippen LogP contribution is 2.32. The molecule has 2 aromatic rings. The highest BCUT2D eigenvalue weighted by Gasteiger charge is 2.35. The maximum absolute atomic E-state index is 12.6. The molecule has 6 heteroatoms. The molecule has 116 valence electrons. The van der Waals surface area contributed by atoms with Gasteiger partial charge >= 0.3 is 0 Å². The van der Waals surface area contributed by atoms with Crippen LogP contribution in [0.2, 0.25) is 0 Å². The quantitative estimate of drug-likeness (QED) is 0.780. The molecule has 23 heavy (non-hydrogen) atoms. The zero-order valence-electron chi connectivity index (χ0n) is 12.6. The third-order valence-electron chi connectivity index (χ3n) is 3.85. The number of fused-ring (bicyclic) bond motifs is 1. The van der Waals surface area contributed by atoms with E-state index in [4.69, 9.17) is 0 Å². The molecule has 1 aromatic carbocycles. The van der Waals surface area contributed by atoms with Gasteiger partial charge in [-0.3, -0.25) is 9.69 Å². The molecule has 0 unspecified atom stereocenters. The van der Waals surface area contributed by atoms with E-state index in [-0.39, 0.29) is 5.91 Å². The Morgan fingerprint density at radius 1 is 1.22 bits per heavy atom. The molecular formula is C17H15N3OS2. The fourth-order valence-corrected chi connectivity index (χ4v) is 4.29. The van der Waals surface area contributed by atoms with Crippen molar-refractivity contribution in [3.8, 4) is 0 Å². The van der Waals surface area contributed by atoms with Crippen LogP contribution in [0.3, 0.4) is 0 Å². The number of aryl methyl sites for hydroxylation is 1. The van der Waals surface area contributed by atoms with Gasteiger partial charge in [0.15, 0.2) is 5.17 Å². The van der Waals surface area contributed by atoms with Gasteiger partial charge in [-0.2, -0.15) is 0 Å². The van der Waals surface area contributed by atoms with Crippen LogP contribution < -0.4 is 4.90 Å². The summed E-state index contributed by atoms with van der Waals surface area (Å²) in [4.78, 5) is 22.2. The fraction of sp³-hybridized carbons (Fsp3) is 0.176. The van der Waals surface area contributed by atoms with E-state index in [0.717, 1.165) is 15.9 Å². The molecule has 2 aliphatic rings. The summed E-state index contributed by atoms with van der Waals surface area (Å²) in [6.07, 6.45) is 1.87. The Balaban J connectivity index is 1.59. The lowest BCUT2D eigenvalue weighted by atomic mass is 10.2. The van der Waals surface area contributed by atoms with Crippen molar-refractivity contribution < 1.29 is 4.79 Å². The van der Waals surface area contributed by atoms with Crippen molar-refractivity contribution in [2.75, 3.05) is 17.4 Å². The number of hydrogen-bond acceptors (Lipinski definition) is 5. The average molecular weight is 341 g/mol. The number of amidine groups is 1. The molecule has 2 aliphatic heterocycles. The number of anilines is 1. The minimum absolute atomic E-state index is 0.0146. The van der Waals surface area contributed by atoms with Crippen molar-refractivity contribution in [1.29, 1.82) is 0 Å². The van der Waals surface area contributed by atoms with Gasteiger partial charge in [-0.05, 0) is 36.1 Å². The molecule has 0 saturated carbocycles. The molecule has 1 saturated heterocycles. The van der Waals surface area contributed by atoms with E-state index in [1.165, 1.54) is 11.3 Å². The molecule has 0 N–H and O–H groups in total. The van der Waals surface area contributed by atoms with E-state index in [9.17, 15) is 4.79 Å². The van der Waals surface area contributed by atoms with Gasteiger partial charge in [0.05, 0.1) is 5.88 Å². The van der Waals surface area contributed by atoms with Crippen molar-refractivity contribution in [2.24, 2.45) is 4.99 Å². The number of thiophene rings is 1. The van der Waals surface area contributed by atoms with Gasteiger partial charge in [-0.1, -0.05) is 36.0 Å². The van der Waals surface area contributed by atoms with Crippen LogP contribution in [0.15, 0.2) is 52.5 Å². The Morgan fingerprint density at radius 3 is 2.87 bits per heavy atom. The molecule has 0 radical (unpaired) electrons. The molecule has 3 heterocycles. The van der Waals surface area contributed by atoms with Gasteiger partial charge in [-0.15, -0.1) is 11.3 Å². The Morgan fingerprint density at radius 2 is 2.09 bits per heavy atom. The van der Waals surface area contributed by atoms with Gasteiger partial charge in [-0.25, -0.2) is 4.99 Å². The highest BCUT2D eigenvalue weighted by molar-refractivity contribution is 8.14. The Hall–Kier alpha value is -2.05. The van der Waals surface area contributed by atoms with Crippen LogP contribution in [0.4, 0.5) is 5.69 Å². The van der Waals surface area contributed by atoms with E-state index in [2.05, 4.69) is 28.9 Å². The molecule has 0 aliphatic carbocycles. The number of rotatable bonds is 2. The lowest BCUT2D eigenvalue weighted by Gasteiger charge is -2.35. The van der Waals surface area contributed by atoms with Crippen molar-refractivity contribution in [2.45, 2.75) is 6.92 Å². The Bertz CT molecular complexity index is 811. The number of para-hydroxylation sites is 1. The zero-order chi connectivity index (χ0) is 15.8. The van der Waals surface area contributed by atoms with Crippen LogP contribution in [-0.4, -0.2) is 28.5 Å². The van der Waals surface area contributed by atoms with Crippen molar-refractivity contribution >= 4 is 45.9 Å². The molecule has 1 aromatic heterocycles. The first-order chi connectivity index (χ1) is 11.2. The summed E-state index contributed by atoms with van der Waals surface area (Å²) in [6.45, 7) is 2.65. The minimum atomic E-state index is -0.0146. The fourth-order valence-electron chi connectivity index (χ4n) is 2.68. The molecular weight excluding hydrogens is 326 g/mol. The first kappa shape index (κ1) is 14.5. The maximum Gasteiger partial charge on any atom is 0.280 e. The van der Waals surface area contributed by atoms with Crippen LogP contribution in [0.25, 0.3) is 6.08 Å². The van der Waals surface area contributed by atoms with Gasteiger partial charge in [0.2, 0.25) is 0 Å². The average Bonchev–Trinajstić information content (AvgIpc) is 3.17. The van der Waals surface area contributed by atoms with E-state index >= 15 is 0 Å². The topological polar surface area (TPSA) is 35.9 Å². The number of aliphatic imine (C=N–C) groups is 1. The molecule has 0 atom stereocenters. The normalized spacial score (nSPS) is 19.3. The van der Waals surface area contributed by atoms with Gasteiger partial charge in [0, 0.05) is 10.6 Å². The Kier molecular flexibility index (Phi) is 3.71. The largest absolute Gasteiger partial charge is 0.343 e. The van der Waals surface area contributed by atoms with Crippen LogP contribution in [-0.2, 0) is 4.79 Å². The second kappa shape index (κ2) is 5.86. The second-order valence-electron chi connectivity index (χ2n) is 5.41. The predicted octanol–water partition coefficient (Wildman–Crippen LogP) is 3.76. The van der Waals surface area contributed by atoms with Crippen molar-refractivity contribution in [3.05, 3.63) is 57.9 Å². The second-order valence-corrected chi connectivity index (χ2v) is 7.31. The summed E-state index contributed by atoms with van der Waals surface area (Å²) >= 11 is 3.22. The summed E-state index contributed by atoms with van der Waals surface area (Å²) in [5.41, 5.74) is 2.92. The third kappa shape index (κ3) is 2.68. The minimum Gasteiger partial charge on any atom is -0.343 e. The molecule has 4 rings (SSSR count). The summed E-state index contributed by atoms with van der Waals surface area (Å²) in [7, 11) is 0. The van der Waals surface area contributed by atoms with Crippen molar-refractivity contribution in [1.82, 2.24) is 4.90 Å². The molecule has 1 fully saturated rings. The molecule has 4 nitrogen and oxygen atoms in total. The SMILES string of the molecule is Cc1ccccc1N1CSC2=NC(=Cc3cccs3)C(=O)N2C1. The monoisotopic (exact) mass is 341 g/mol. The van der Waals surface area contributed by atoms with Crippen LogP contribution in [0.5, 0.6) is 0 Å². The third-order valence-corrected chi connectivity index (χ3v) is 5.68. The van der Waals surface area contributed by atoms with E-state index in [1.54, 1.807) is 28.0 Å². The molecule has 0 spiro atoms.